The largest absolute Gasteiger partial charge is 0.463 e. The van der Waals surface area contributed by atoms with Crippen molar-refractivity contribution < 1.29 is 24.5 Å². The first kappa shape index (κ1) is 37.7. The Morgan fingerprint density at radius 1 is 0.648 bits per heavy atom. The van der Waals surface area contributed by atoms with E-state index in [1.165, 1.54) is 7.11 Å². The predicted molar refractivity (Wildman–Crippen MR) is 203 cm³/mol. The summed E-state index contributed by atoms with van der Waals surface area (Å²) in [6, 6.07) is 19.6. The molecule has 11 N–H and O–H groups in total. The van der Waals surface area contributed by atoms with Crippen molar-refractivity contribution in [3.63, 3.8) is 0 Å². The molecule has 0 unspecified atom stereocenters. The molecular formula is C37H44N12O5. The van der Waals surface area contributed by atoms with E-state index in [4.69, 9.17) is 10.5 Å². The smallest absolute Gasteiger partial charge is 0.374 e. The molecular weight excluding hydrogens is 692 g/mol. The fourth-order valence-corrected chi connectivity index (χ4v) is 6.57. The monoisotopic (exact) mass is 736 g/mol. The molecule has 2 fully saturated rings. The number of fused-ring (bicyclic) bond motifs is 2. The van der Waals surface area contributed by atoms with Gasteiger partial charge in [-0.3, -0.25) is 4.79 Å². The molecule has 4 heterocycles. The first-order valence-corrected chi connectivity index (χ1v) is 17.7. The van der Waals surface area contributed by atoms with Crippen LogP contribution in [0.1, 0.15) is 72.6 Å². The second-order valence-electron chi connectivity index (χ2n) is 13.2. The normalized spacial score (nSPS) is 19.6. The van der Waals surface area contributed by atoms with Crippen LogP contribution in [0.5, 0.6) is 0 Å². The average Bonchev–Trinajstić information content (AvgIpc) is 3.83. The Labute approximate surface area is 310 Å². The number of H-pyrrole nitrogens is 2. The van der Waals surface area contributed by atoms with E-state index in [1.54, 1.807) is 0 Å². The second kappa shape index (κ2) is 16.7. The van der Waals surface area contributed by atoms with Crippen LogP contribution >= 0.6 is 0 Å². The van der Waals surface area contributed by atoms with Gasteiger partial charge in [-0.05, 0) is 51.4 Å². The molecule has 6 aromatic rings. The maximum atomic E-state index is 11.9. The molecule has 17 heteroatoms. The summed E-state index contributed by atoms with van der Waals surface area (Å²) in [5.74, 6) is 1.20. The lowest BCUT2D eigenvalue weighted by Crippen LogP contribution is -2.28. The maximum absolute atomic E-state index is 11.9. The number of carbonyl (C=O) groups is 2. The summed E-state index contributed by atoms with van der Waals surface area (Å²) >= 11 is 0. The van der Waals surface area contributed by atoms with E-state index in [9.17, 15) is 19.8 Å². The van der Waals surface area contributed by atoms with Gasteiger partial charge in [-0.2, -0.15) is 0 Å². The summed E-state index contributed by atoms with van der Waals surface area (Å²) in [6.07, 6.45) is 5.98. The molecule has 2 saturated carbocycles. The number of aromatic nitrogens is 8. The number of aliphatic hydroxyl groups excluding tert-OH is 2. The minimum atomic E-state index is -0.643. The number of rotatable bonds is 8. The molecule has 0 aliphatic heterocycles. The van der Waals surface area contributed by atoms with Gasteiger partial charge in [0.15, 0.2) is 40.4 Å². The zero-order valence-corrected chi connectivity index (χ0v) is 29.8. The number of hydrogen-bond donors (Lipinski definition) is 8. The van der Waals surface area contributed by atoms with Gasteiger partial charge in [0, 0.05) is 23.2 Å². The fourth-order valence-electron chi connectivity index (χ4n) is 6.57. The average molecular weight is 737 g/mol. The van der Waals surface area contributed by atoms with Crippen LogP contribution in [0.4, 0.5) is 11.6 Å². The zero-order valence-electron chi connectivity index (χ0n) is 29.8. The highest BCUT2D eigenvalue weighted by Crippen LogP contribution is 2.29. The third-order valence-corrected chi connectivity index (χ3v) is 9.45. The Bertz CT molecular complexity index is 2200. The highest BCUT2D eigenvalue weighted by atomic mass is 16.5. The number of anilines is 2. The zero-order chi connectivity index (χ0) is 36.9. The van der Waals surface area contributed by atoms with Gasteiger partial charge in [0.2, 0.25) is 5.82 Å². The van der Waals surface area contributed by atoms with Crippen LogP contribution in [0.15, 0.2) is 60.7 Å². The molecule has 0 bridgehead atoms. The molecule has 17 nitrogen and oxygen atoms in total. The van der Waals surface area contributed by atoms with E-state index < -0.39 is 11.9 Å². The molecule has 2 aromatic carbocycles. The molecule has 1 amide bonds. The van der Waals surface area contributed by atoms with Crippen molar-refractivity contribution in [2.45, 2.75) is 75.7 Å². The third-order valence-electron chi connectivity index (χ3n) is 9.45. The summed E-state index contributed by atoms with van der Waals surface area (Å²) in [6.45, 7) is 0. The first-order chi connectivity index (χ1) is 25.7. The number of benzene rings is 2. The van der Waals surface area contributed by atoms with Crippen molar-refractivity contribution in [1.82, 2.24) is 46.0 Å². The SMILES string of the molecule is COC(=O)c1nc2nc(-c3ccccc3)nc(NC3CCC(O)CC3)c2[nH]1.N.NC(=O)c1nc2nc(-c3ccccc3)nc(NC3CCC(O)CC3)c2[nH]1. The van der Waals surface area contributed by atoms with Crippen LogP contribution in [0, 0.1) is 0 Å². The highest BCUT2D eigenvalue weighted by Gasteiger charge is 2.24. The molecule has 0 spiro atoms. The van der Waals surface area contributed by atoms with E-state index in [-0.39, 0.29) is 42.1 Å². The van der Waals surface area contributed by atoms with Crippen molar-refractivity contribution in [3.8, 4) is 22.8 Å². The number of aliphatic hydroxyl groups is 2. The summed E-state index contributed by atoms with van der Waals surface area (Å²) in [7, 11) is 1.31. The van der Waals surface area contributed by atoms with Crippen LogP contribution in [0.2, 0.25) is 0 Å². The van der Waals surface area contributed by atoms with Gasteiger partial charge in [0.25, 0.3) is 5.91 Å². The van der Waals surface area contributed by atoms with Gasteiger partial charge >= 0.3 is 5.97 Å². The summed E-state index contributed by atoms with van der Waals surface area (Å²) in [5.41, 5.74) is 9.00. The van der Waals surface area contributed by atoms with Crippen molar-refractivity contribution in [2.75, 3.05) is 17.7 Å². The maximum Gasteiger partial charge on any atom is 0.374 e. The van der Waals surface area contributed by atoms with Crippen molar-refractivity contribution in [3.05, 3.63) is 72.3 Å². The minimum Gasteiger partial charge on any atom is -0.463 e. The van der Waals surface area contributed by atoms with Crippen molar-refractivity contribution in [2.24, 2.45) is 5.73 Å². The van der Waals surface area contributed by atoms with Crippen LogP contribution in [0.25, 0.3) is 45.1 Å². The number of amides is 1. The van der Waals surface area contributed by atoms with E-state index in [0.717, 1.165) is 62.5 Å². The summed E-state index contributed by atoms with van der Waals surface area (Å²) in [5, 5.41) is 26.3. The lowest BCUT2D eigenvalue weighted by molar-refractivity contribution is 0.0588. The molecule has 0 atom stereocenters. The standard InChI is InChI=1S/C19H21N5O3.C18H20N6O2.H3N/c1-27-19(26)18-21-14-16(20-12-7-9-13(25)10-8-12)22-15(23-17(14)24-18)11-5-3-2-4-6-11;19-14(26)18-21-13-16(20-11-6-8-12(25)9-7-11)22-15(23-17(13)24-18)10-4-2-1-3-5-10;/h2-6,12-13,25H,7-10H2,1H3,(H2,20,21,22,23,24);1-5,11-12,25H,6-9H2,(H2,19,26)(H2,20,21,22,23,24);1H3. The van der Waals surface area contributed by atoms with Gasteiger partial charge in [0.1, 0.15) is 11.0 Å². The predicted octanol–water partition coefficient (Wildman–Crippen LogP) is 4.52. The quantitative estimate of drug-likeness (QED) is 0.0998. The number of nitrogens with two attached hydrogens (primary N) is 1. The van der Waals surface area contributed by atoms with Gasteiger partial charge in [-0.25, -0.2) is 34.7 Å². The Morgan fingerprint density at radius 3 is 1.46 bits per heavy atom. The van der Waals surface area contributed by atoms with E-state index >= 15 is 0 Å². The van der Waals surface area contributed by atoms with Gasteiger partial charge < -0.3 is 47.4 Å². The Hall–Kier alpha value is -6.04. The van der Waals surface area contributed by atoms with Crippen LogP contribution < -0.4 is 22.5 Å². The van der Waals surface area contributed by atoms with Crippen LogP contribution in [-0.2, 0) is 4.74 Å². The molecule has 8 rings (SSSR count). The molecule has 2 aliphatic rings. The highest BCUT2D eigenvalue weighted by molar-refractivity contribution is 5.95. The summed E-state index contributed by atoms with van der Waals surface area (Å²) < 4.78 is 4.75. The van der Waals surface area contributed by atoms with Crippen molar-refractivity contribution >= 4 is 45.8 Å². The Morgan fingerprint density at radius 2 is 1.06 bits per heavy atom. The number of ether oxygens (including phenoxy) is 1. The third kappa shape index (κ3) is 8.60. The Kier molecular flexibility index (Phi) is 11.7. The van der Waals surface area contributed by atoms with Gasteiger partial charge in [-0.15, -0.1) is 0 Å². The number of carbonyl (C=O) groups excluding carboxylic acids is 2. The number of aromatic amines is 2. The molecule has 0 radical (unpaired) electrons. The van der Waals surface area contributed by atoms with Crippen LogP contribution in [-0.4, -0.2) is 93.4 Å². The number of imidazole rings is 2. The lowest BCUT2D eigenvalue weighted by Gasteiger charge is -2.26. The van der Waals surface area contributed by atoms with Crippen molar-refractivity contribution in [1.29, 1.82) is 0 Å². The molecule has 2 aliphatic carbocycles. The molecule has 282 valence electrons. The first-order valence-electron chi connectivity index (χ1n) is 17.7. The number of primary amides is 1. The number of nitrogens with one attached hydrogen (secondary N) is 4. The number of methoxy groups -OCH3 is 1. The lowest BCUT2D eigenvalue weighted by atomic mass is 9.93. The summed E-state index contributed by atoms with van der Waals surface area (Å²) in [4.78, 5) is 56.0. The van der Waals surface area contributed by atoms with E-state index in [2.05, 4.69) is 50.5 Å². The number of esters is 1. The fraction of sp³-hybridized carbons (Fsp3) is 0.351. The number of nitrogens with zero attached hydrogens (tertiary/aromatic N) is 6. The van der Waals surface area contributed by atoms with E-state index in [1.807, 2.05) is 60.7 Å². The van der Waals surface area contributed by atoms with E-state index in [0.29, 0.717) is 45.6 Å². The second-order valence-corrected chi connectivity index (χ2v) is 13.2. The van der Waals surface area contributed by atoms with Crippen LogP contribution in [0.3, 0.4) is 0 Å². The van der Waals surface area contributed by atoms with Gasteiger partial charge in [0.05, 0.1) is 19.3 Å². The number of hydrogen-bond acceptors (Lipinski definition) is 14. The molecule has 0 saturated heterocycles. The minimum absolute atomic E-state index is 0. The Balaban J connectivity index is 0.000000181. The molecule has 54 heavy (non-hydrogen) atoms. The topological polar surface area (TPSA) is 278 Å². The van der Waals surface area contributed by atoms with Gasteiger partial charge in [-0.1, -0.05) is 60.7 Å². The molecule has 4 aromatic heterocycles.